The van der Waals surface area contributed by atoms with Crippen LogP contribution < -0.4 is 20.7 Å². The summed E-state index contributed by atoms with van der Waals surface area (Å²) >= 11 is 6.59. The van der Waals surface area contributed by atoms with Crippen molar-refractivity contribution in [3.63, 3.8) is 0 Å². The van der Waals surface area contributed by atoms with Crippen LogP contribution in [0.5, 0.6) is 6.01 Å². The molecule has 0 spiro atoms. The van der Waals surface area contributed by atoms with E-state index in [0.717, 1.165) is 51.1 Å². The van der Waals surface area contributed by atoms with Gasteiger partial charge in [-0.2, -0.15) is 23.1 Å². The number of aliphatic hydroxyl groups excluding tert-OH is 1. The molecule has 1 aromatic carbocycles. The SMILES string of the molecule is Cc1cc(N)nc(-c2c(Cl)cc3c(N4CC5CCC(C4)N5)nc(OC[C@@]45CCCN4[C@H](CO)CC5)nc3c2F)c1C(F)(F)F. The van der Waals surface area contributed by atoms with E-state index in [1.165, 1.54) is 13.0 Å². The molecular weight excluding hydrogens is 602 g/mol. The predicted octanol–water partition coefficient (Wildman–Crippen LogP) is 4.70. The first-order valence-corrected chi connectivity index (χ1v) is 15.4. The topological polar surface area (TPSA) is 113 Å². The van der Waals surface area contributed by atoms with Gasteiger partial charge in [0.1, 0.15) is 23.8 Å². The molecule has 2 bridgehead atoms. The molecular formula is C30H34ClF4N7O2. The second kappa shape index (κ2) is 10.8. The van der Waals surface area contributed by atoms with Crippen LogP contribution in [0.4, 0.5) is 29.2 Å². The van der Waals surface area contributed by atoms with Crippen LogP contribution in [0.25, 0.3) is 22.2 Å². The summed E-state index contributed by atoms with van der Waals surface area (Å²) in [6.45, 7) is 3.65. The van der Waals surface area contributed by atoms with E-state index in [0.29, 0.717) is 18.9 Å². The van der Waals surface area contributed by atoms with Gasteiger partial charge in [-0.3, -0.25) is 4.90 Å². The molecule has 7 rings (SSSR count). The number of ether oxygens (including phenoxy) is 1. The van der Waals surface area contributed by atoms with Crippen LogP contribution in [0, 0.1) is 12.7 Å². The zero-order valence-corrected chi connectivity index (χ0v) is 25.0. The largest absolute Gasteiger partial charge is 0.461 e. The Kier molecular flexibility index (Phi) is 7.30. The third-order valence-corrected chi connectivity index (χ3v) is 10.1. The van der Waals surface area contributed by atoms with Gasteiger partial charge in [0.15, 0.2) is 5.82 Å². The van der Waals surface area contributed by atoms with Crippen molar-refractivity contribution in [3.05, 3.63) is 34.1 Å². The quantitative estimate of drug-likeness (QED) is 0.332. The first-order valence-electron chi connectivity index (χ1n) is 15.0. The van der Waals surface area contributed by atoms with Crippen molar-refractivity contribution < 1.29 is 27.4 Å². The fourth-order valence-electron chi connectivity index (χ4n) is 7.89. The van der Waals surface area contributed by atoms with Crippen LogP contribution >= 0.6 is 11.6 Å². The molecule has 4 aliphatic rings. The highest BCUT2D eigenvalue weighted by Crippen LogP contribution is 2.46. The highest BCUT2D eigenvalue weighted by atomic mass is 35.5. The normalized spacial score (nSPS) is 27.0. The molecule has 4 saturated heterocycles. The first kappa shape index (κ1) is 29.7. The van der Waals surface area contributed by atoms with Crippen LogP contribution in [-0.2, 0) is 6.18 Å². The third-order valence-electron chi connectivity index (χ3n) is 9.83. The summed E-state index contributed by atoms with van der Waals surface area (Å²) in [5.74, 6) is -0.823. The standard InChI is InChI=1S/C30H34ClF4N7O2/c1-15-9-21(36)38-26(23(15)30(33,34)35)22-20(31)10-19-25(24(22)32)39-28(40-27(19)41-11-16-3-4-17(12-41)37-16)44-14-29-6-2-8-42(29)18(13-43)5-7-29/h9-10,16-18,37,43H,2-8,11-14H2,1H3,(H2,36,38)/t16?,17?,18-,29-/m0/s1. The highest BCUT2D eigenvalue weighted by molar-refractivity contribution is 6.34. The van der Waals surface area contributed by atoms with E-state index in [1.807, 2.05) is 4.90 Å². The van der Waals surface area contributed by atoms with Gasteiger partial charge >= 0.3 is 12.2 Å². The van der Waals surface area contributed by atoms with Gasteiger partial charge in [0.25, 0.3) is 0 Å². The van der Waals surface area contributed by atoms with Crippen LogP contribution in [-0.4, -0.2) is 81.5 Å². The van der Waals surface area contributed by atoms with E-state index in [2.05, 4.69) is 20.2 Å². The van der Waals surface area contributed by atoms with Crippen molar-refractivity contribution in [2.45, 2.75) is 75.3 Å². The fraction of sp³-hybridized carbons (Fsp3) is 0.567. The van der Waals surface area contributed by atoms with Gasteiger partial charge in [-0.05, 0) is 69.7 Å². The maximum Gasteiger partial charge on any atom is 0.418 e. The van der Waals surface area contributed by atoms with Gasteiger partial charge < -0.3 is 25.8 Å². The Morgan fingerprint density at radius 1 is 1.14 bits per heavy atom. The molecule has 9 nitrogen and oxygen atoms in total. The molecule has 2 unspecified atom stereocenters. The number of halogens is 5. The molecule has 14 heteroatoms. The number of hydrogen-bond donors (Lipinski definition) is 3. The molecule has 44 heavy (non-hydrogen) atoms. The summed E-state index contributed by atoms with van der Waals surface area (Å²) in [7, 11) is 0. The Balaban J connectivity index is 1.36. The van der Waals surface area contributed by atoms with Crippen molar-refractivity contribution >= 4 is 34.1 Å². The molecule has 4 fully saturated rings. The maximum absolute atomic E-state index is 16.6. The summed E-state index contributed by atoms with van der Waals surface area (Å²) in [5, 5.41) is 13.5. The fourth-order valence-corrected chi connectivity index (χ4v) is 8.18. The van der Waals surface area contributed by atoms with Crippen molar-refractivity contribution in [1.29, 1.82) is 0 Å². The van der Waals surface area contributed by atoms with Crippen molar-refractivity contribution in [3.8, 4) is 17.3 Å². The smallest absolute Gasteiger partial charge is 0.418 e. The molecule has 0 saturated carbocycles. The molecule has 0 amide bonds. The van der Waals surface area contributed by atoms with Gasteiger partial charge in [-0.25, -0.2) is 9.37 Å². The van der Waals surface area contributed by atoms with E-state index >= 15 is 4.39 Å². The second-order valence-corrected chi connectivity index (χ2v) is 13.0. The summed E-state index contributed by atoms with van der Waals surface area (Å²) in [4.78, 5) is 17.4. The van der Waals surface area contributed by atoms with Crippen LogP contribution in [0.3, 0.4) is 0 Å². The Labute approximate surface area is 256 Å². The minimum atomic E-state index is -4.84. The Bertz CT molecular complexity index is 1610. The van der Waals surface area contributed by atoms with E-state index in [-0.39, 0.29) is 70.2 Å². The second-order valence-electron chi connectivity index (χ2n) is 12.6. The van der Waals surface area contributed by atoms with E-state index in [1.54, 1.807) is 0 Å². The number of nitrogens with zero attached hydrogens (tertiary/aromatic N) is 5. The minimum absolute atomic E-state index is 0.0600. The predicted molar refractivity (Wildman–Crippen MR) is 158 cm³/mol. The molecule has 0 aliphatic carbocycles. The van der Waals surface area contributed by atoms with E-state index in [4.69, 9.17) is 27.1 Å². The van der Waals surface area contributed by atoms with Crippen LogP contribution in [0.2, 0.25) is 5.02 Å². The molecule has 6 heterocycles. The number of aromatic nitrogens is 3. The number of anilines is 2. The summed E-state index contributed by atoms with van der Waals surface area (Å²) in [5.41, 5.74) is 2.82. The zero-order valence-electron chi connectivity index (χ0n) is 24.2. The number of aryl methyl sites for hydroxylation is 1. The van der Waals surface area contributed by atoms with Gasteiger partial charge in [0.2, 0.25) is 0 Å². The summed E-state index contributed by atoms with van der Waals surface area (Å²) in [6, 6.07) is 2.98. The Hall–Kier alpha value is -3.00. The number of rotatable bonds is 6. The highest BCUT2D eigenvalue weighted by Gasteiger charge is 2.49. The van der Waals surface area contributed by atoms with Gasteiger partial charge in [-0.1, -0.05) is 11.6 Å². The van der Waals surface area contributed by atoms with Crippen molar-refractivity contribution in [2.75, 3.05) is 43.5 Å². The van der Waals surface area contributed by atoms with Crippen LogP contribution in [0.15, 0.2) is 12.1 Å². The number of alkyl halides is 3. The zero-order chi connectivity index (χ0) is 31.0. The number of nitrogens with one attached hydrogen (secondary N) is 1. The lowest BCUT2D eigenvalue weighted by atomic mass is 9.95. The van der Waals surface area contributed by atoms with Crippen LogP contribution in [0.1, 0.15) is 49.7 Å². The molecule has 4 N–H and O–H groups in total. The first-order chi connectivity index (χ1) is 21.0. The van der Waals surface area contributed by atoms with E-state index in [9.17, 15) is 18.3 Å². The number of pyridine rings is 1. The molecule has 0 radical (unpaired) electrons. The monoisotopic (exact) mass is 635 g/mol. The molecule has 4 atom stereocenters. The van der Waals surface area contributed by atoms with Crippen molar-refractivity contribution in [1.82, 2.24) is 25.2 Å². The lowest BCUT2D eigenvalue weighted by molar-refractivity contribution is -0.137. The summed E-state index contributed by atoms with van der Waals surface area (Å²) in [6.07, 6.45) is 0.705. The Morgan fingerprint density at radius 3 is 2.59 bits per heavy atom. The number of nitrogen functional groups attached to an aromatic ring is 1. The number of piperazine rings is 1. The molecule has 2 aromatic heterocycles. The molecule has 3 aromatic rings. The number of fused-ring (bicyclic) bond motifs is 4. The maximum atomic E-state index is 16.6. The average Bonchev–Trinajstić information content (AvgIpc) is 3.63. The van der Waals surface area contributed by atoms with Gasteiger partial charge in [0, 0.05) is 36.6 Å². The van der Waals surface area contributed by atoms with Gasteiger partial charge in [-0.15, -0.1) is 0 Å². The summed E-state index contributed by atoms with van der Waals surface area (Å²) < 4.78 is 65.6. The number of aliphatic hydroxyl groups is 1. The lowest BCUT2D eigenvalue weighted by Gasteiger charge is -2.35. The number of nitrogens with two attached hydrogens (primary N) is 1. The average molecular weight is 636 g/mol. The van der Waals surface area contributed by atoms with Crippen molar-refractivity contribution in [2.24, 2.45) is 0 Å². The third kappa shape index (κ3) is 4.92. The van der Waals surface area contributed by atoms with E-state index < -0.39 is 28.8 Å². The molecule has 236 valence electrons. The van der Waals surface area contributed by atoms with Gasteiger partial charge in [0.05, 0.1) is 34.0 Å². The number of benzene rings is 1. The lowest BCUT2D eigenvalue weighted by Crippen LogP contribution is -2.51. The molecule has 4 aliphatic heterocycles. The minimum Gasteiger partial charge on any atom is -0.461 e. The number of hydrogen-bond acceptors (Lipinski definition) is 9. The Morgan fingerprint density at radius 2 is 1.89 bits per heavy atom.